The number of rotatable bonds is 13. The van der Waals surface area contributed by atoms with Gasteiger partial charge < -0.3 is 39.9 Å². The number of carbonyl (C=O) groups is 2. The molecule has 5 rings (SSSR count). The molecule has 3 aromatic rings. The van der Waals surface area contributed by atoms with Crippen LogP contribution in [0.1, 0.15) is 61.8 Å². The van der Waals surface area contributed by atoms with Crippen molar-refractivity contribution in [3.63, 3.8) is 0 Å². The first-order valence-corrected chi connectivity index (χ1v) is 16.8. The fourth-order valence-corrected chi connectivity index (χ4v) is 6.68. The zero-order valence-electron chi connectivity index (χ0n) is 28.6. The molecule has 1 amide bonds. The van der Waals surface area contributed by atoms with E-state index < -0.39 is 17.7 Å². The molecule has 260 valence electrons. The molecular weight excluding hydrogens is 610 g/mol. The Morgan fingerprint density at radius 3 is 2.33 bits per heavy atom. The predicted molar refractivity (Wildman–Crippen MR) is 186 cm³/mol. The molecule has 0 aromatic heterocycles. The number of phenols is 1. The summed E-state index contributed by atoms with van der Waals surface area (Å²) in [6, 6.07) is 22.0. The third kappa shape index (κ3) is 9.79. The number of phenolic OH excluding ortho intramolecular Hbond substituents is 1. The lowest BCUT2D eigenvalue weighted by molar-refractivity contribution is -0.879. The Kier molecular flexibility index (Phi) is 13.0. The number of aliphatic hydroxyl groups excluding tert-OH is 1. The Morgan fingerprint density at radius 2 is 1.73 bits per heavy atom. The summed E-state index contributed by atoms with van der Waals surface area (Å²) in [5, 5.41) is 37.0. The van der Waals surface area contributed by atoms with Crippen LogP contribution in [0.25, 0.3) is 0 Å². The minimum Gasteiger partial charge on any atom is -0.506 e. The van der Waals surface area contributed by atoms with Crippen molar-refractivity contribution in [1.82, 2.24) is 5.32 Å². The van der Waals surface area contributed by atoms with Crippen LogP contribution in [0.2, 0.25) is 0 Å². The van der Waals surface area contributed by atoms with Gasteiger partial charge in [-0.1, -0.05) is 61.4 Å². The van der Waals surface area contributed by atoms with E-state index in [1.54, 1.807) is 19.2 Å². The molecule has 10 heteroatoms. The molecule has 0 bridgehead atoms. The molecule has 4 atom stereocenters. The second kappa shape index (κ2) is 16.9. The van der Waals surface area contributed by atoms with Gasteiger partial charge in [-0.3, -0.25) is 4.79 Å². The molecular formula is C38H52N3O7+. The number of ether oxygens (including phenoxy) is 2. The molecule has 0 radical (unpaired) electrons. The topological polar surface area (TPSA) is 137 Å². The number of amides is 1. The van der Waals surface area contributed by atoms with Crippen molar-refractivity contribution in [3.8, 4) is 11.5 Å². The molecule has 48 heavy (non-hydrogen) atoms. The smallest absolute Gasteiger partial charge is 0.343 e. The zero-order valence-corrected chi connectivity index (χ0v) is 28.6. The van der Waals surface area contributed by atoms with Crippen molar-refractivity contribution in [2.24, 2.45) is 5.92 Å². The number of benzene rings is 3. The predicted octanol–water partition coefficient (Wildman–Crippen LogP) is 4.68. The van der Waals surface area contributed by atoms with E-state index >= 15 is 0 Å². The maximum Gasteiger partial charge on any atom is 0.343 e. The van der Waals surface area contributed by atoms with Crippen LogP contribution in [-0.4, -0.2) is 85.2 Å². The number of likely N-dealkylation sites (tertiary alicyclic amines) is 1. The molecule has 1 aliphatic carbocycles. The number of carbonyl (C=O) groups excluding carboxylic acids is 2. The second-order valence-corrected chi connectivity index (χ2v) is 13.7. The van der Waals surface area contributed by atoms with Crippen molar-refractivity contribution in [3.05, 3.63) is 89.5 Å². The number of nitrogens with zero attached hydrogens (tertiary/aromatic N) is 1. The number of aliphatic hydroxyl groups is 2. The van der Waals surface area contributed by atoms with Crippen molar-refractivity contribution in [2.75, 3.05) is 46.2 Å². The molecule has 10 nitrogen and oxygen atoms in total. The molecule has 3 aromatic carbocycles. The summed E-state index contributed by atoms with van der Waals surface area (Å²) >= 11 is 0. The van der Waals surface area contributed by atoms with Gasteiger partial charge in [-0.15, -0.1) is 0 Å². The van der Waals surface area contributed by atoms with Gasteiger partial charge in [0.05, 0.1) is 39.5 Å². The molecule has 5 N–H and O–H groups in total. The molecule has 1 aliphatic heterocycles. The molecule has 2 aliphatic rings. The van der Waals surface area contributed by atoms with Gasteiger partial charge in [0.1, 0.15) is 18.0 Å². The Hall–Kier alpha value is -3.96. The minimum atomic E-state index is -1.50. The first-order chi connectivity index (χ1) is 22.9. The van der Waals surface area contributed by atoms with Crippen LogP contribution in [0, 0.1) is 5.92 Å². The Bertz CT molecular complexity index is 1460. The Labute approximate surface area is 284 Å². The molecule has 1 heterocycles. The maximum atomic E-state index is 12.9. The highest BCUT2D eigenvalue weighted by atomic mass is 16.6. The van der Waals surface area contributed by atoms with Gasteiger partial charge in [0.15, 0.2) is 11.7 Å². The number of quaternary nitrogens is 1. The summed E-state index contributed by atoms with van der Waals surface area (Å²) < 4.78 is 11.8. The summed E-state index contributed by atoms with van der Waals surface area (Å²) in [7, 11) is 5.93. The SMILES string of the molecule is COc1ccc(CC(C)NCC(O)c2ccc(O)c(NC=O)c2)cc1.C[N+]1(C)CC[C@@H](OC(=O)[C@](O)(c2ccccc2)C2CCCC2)C1. The van der Waals surface area contributed by atoms with Gasteiger partial charge in [-0.25, -0.2) is 4.79 Å². The number of methoxy groups -OCH3 is 1. The van der Waals surface area contributed by atoms with E-state index in [1.165, 1.54) is 11.6 Å². The number of hydrogen-bond acceptors (Lipinski definition) is 8. The van der Waals surface area contributed by atoms with Crippen LogP contribution >= 0.6 is 0 Å². The van der Waals surface area contributed by atoms with Crippen molar-refractivity contribution >= 4 is 18.1 Å². The summed E-state index contributed by atoms with van der Waals surface area (Å²) in [6.07, 6.45) is 5.25. The monoisotopic (exact) mass is 662 g/mol. The Balaban J connectivity index is 0.000000217. The third-order valence-electron chi connectivity index (χ3n) is 9.48. The molecule has 1 saturated heterocycles. The molecule has 2 fully saturated rings. The normalized spacial score (nSPS) is 19.7. The average molecular weight is 663 g/mol. The van der Waals surface area contributed by atoms with Gasteiger partial charge in [0.25, 0.3) is 0 Å². The highest BCUT2D eigenvalue weighted by Gasteiger charge is 2.49. The van der Waals surface area contributed by atoms with E-state index in [4.69, 9.17) is 9.47 Å². The fraction of sp³-hybridized carbons (Fsp3) is 0.474. The van der Waals surface area contributed by atoms with Crippen molar-refractivity contribution in [2.45, 2.75) is 69.3 Å². The van der Waals surface area contributed by atoms with Gasteiger partial charge >= 0.3 is 5.97 Å². The fourth-order valence-electron chi connectivity index (χ4n) is 6.68. The van der Waals surface area contributed by atoms with Crippen LogP contribution in [-0.2, 0) is 26.3 Å². The highest BCUT2D eigenvalue weighted by Crippen LogP contribution is 2.42. The van der Waals surface area contributed by atoms with Crippen LogP contribution in [0.15, 0.2) is 72.8 Å². The van der Waals surface area contributed by atoms with Crippen molar-refractivity contribution < 1.29 is 38.9 Å². The first-order valence-electron chi connectivity index (χ1n) is 16.8. The summed E-state index contributed by atoms with van der Waals surface area (Å²) in [4.78, 5) is 23.5. The summed E-state index contributed by atoms with van der Waals surface area (Å²) in [6.45, 7) is 4.24. The van der Waals surface area contributed by atoms with E-state index in [-0.39, 0.29) is 29.5 Å². The van der Waals surface area contributed by atoms with E-state index in [9.17, 15) is 24.9 Å². The third-order valence-corrected chi connectivity index (χ3v) is 9.48. The minimum absolute atomic E-state index is 0.0381. The summed E-state index contributed by atoms with van der Waals surface area (Å²) in [5.41, 5.74) is 1.24. The van der Waals surface area contributed by atoms with E-state index in [0.29, 0.717) is 24.1 Å². The number of esters is 1. The van der Waals surface area contributed by atoms with Crippen LogP contribution in [0.4, 0.5) is 5.69 Å². The van der Waals surface area contributed by atoms with Gasteiger partial charge in [-0.2, -0.15) is 0 Å². The molecule has 1 saturated carbocycles. The van der Waals surface area contributed by atoms with E-state index in [1.807, 2.05) is 61.5 Å². The van der Waals surface area contributed by atoms with Gasteiger partial charge in [0.2, 0.25) is 6.41 Å². The molecule has 0 spiro atoms. The molecule has 2 unspecified atom stereocenters. The van der Waals surface area contributed by atoms with E-state index in [0.717, 1.165) is 61.8 Å². The lowest BCUT2D eigenvalue weighted by Crippen LogP contribution is -2.46. The van der Waals surface area contributed by atoms with Crippen LogP contribution in [0.3, 0.4) is 0 Å². The standard InChI is InChI=1S/C19H24N2O4.C19H28NO3/c1-13(9-14-3-6-16(25-2)7-4-14)20-11-19(24)15-5-8-18(23)17(10-15)21-12-22;1-20(2)13-12-17(14-20)23-18(21)19(22,16-10-6-7-11-16)15-8-4-3-5-9-15/h3-8,10,12-13,19-20,23-24H,9,11H2,1-2H3,(H,21,22);3-5,8-9,16-17,22H,6-7,10-14H2,1-2H3/q;+1/t;17-,19+/m.1/s1. The quantitative estimate of drug-likeness (QED) is 0.0771. The van der Waals surface area contributed by atoms with Gasteiger partial charge in [-0.05, 0) is 67.1 Å². The lowest BCUT2D eigenvalue weighted by atomic mass is 9.80. The van der Waals surface area contributed by atoms with Crippen LogP contribution in [0.5, 0.6) is 11.5 Å². The second-order valence-electron chi connectivity index (χ2n) is 13.7. The van der Waals surface area contributed by atoms with Crippen LogP contribution < -0.4 is 15.4 Å². The maximum absolute atomic E-state index is 12.9. The zero-order chi connectivity index (χ0) is 34.7. The largest absolute Gasteiger partial charge is 0.506 e. The number of anilines is 1. The highest BCUT2D eigenvalue weighted by molar-refractivity contribution is 5.82. The van der Waals surface area contributed by atoms with E-state index in [2.05, 4.69) is 24.7 Å². The van der Waals surface area contributed by atoms with Gasteiger partial charge in [0, 0.05) is 24.9 Å². The number of likely N-dealkylation sites (N-methyl/N-ethyl adjacent to an activating group) is 1. The van der Waals surface area contributed by atoms with Crippen molar-refractivity contribution in [1.29, 1.82) is 0 Å². The average Bonchev–Trinajstić information content (AvgIpc) is 3.75. The first kappa shape index (κ1) is 36.9. The Morgan fingerprint density at radius 1 is 1.04 bits per heavy atom. The lowest BCUT2D eigenvalue weighted by Gasteiger charge is -2.33. The number of aromatic hydroxyl groups is 1. The number of nitrogens with one attached hydrogen (secondary N) is 2. The number of hydrogen-bond donors (Lipinski definition) is 5. The summed E-state index contributed by atoms with van der Waals surface area (Å²) in [5.74, 6) is 0.291.